The molecule has 26 heavy (non-hydrogen) atoms. The van der Waals surface area contributed by atoms with E-state index < -0.39 is 45.9 Å². The fourth-order valence-electron chi connectivity index (χ4n) is 1.89. The minimum atomic E-state index is -6.26. The number of esters is 1. The average molecular weight is 392 g/mol. The van der Waals surface area contributed by atoms with Gasteiger partial charge in [-0.1, -0.05) is 0 Å². The van der Waals surface area contributed by atoms with Crippen molar-refractivity contribution in [1.29, 1.82) is 0 Å². The molecule has 1 aromatic rings. The van der Waals surface area contributed by atoms with E-state index in [1.54, 1.807) is 0 Å². The summed E-state index contributed by atoms with van der Waals surface area (Å²) in [4.78, 5) is 35.5. The van der Waals surface area contributed by atoms with Gasteiger partial charge in [0.2, 0.25) is 6.17 Å². The molecule has 0 radical (unpaired) electrons. The van der Waals surface area contributed by atoms with Crippen LogP contribution in [0.2, 0.25) is 0 Å². The normalized spacial score (nSPS) is 16.1. The van der Waals surface area contributed by atoms with E-state index in [1.165, 1.54) is 12.1 Å². The first-order valence-electron chi connectivity index (χ1n) is 6.76. The zero-order valence-corrected chi connectivity index (χ0v) is 13.4. The molecule has 0 saturated heterocycles. The number of nitrogens with zero attached hydrogens (tertiary/aromatic N) is 1. The zero-order valence-electron chi connectivity index (χ0n) is 12.6. The molecule has 0 fully saturated rings. The van der Waals surface area contributed by atoms with Crippen molar-refractivity contribution in [1.82, 2.24) is 0 Å². The number of hydrogen-bond acceptors (Lipinski definition) is 7. The molecule has 0 aliphatic carbocycles. The van der Waals surface area contributed by atoms with Crippen LogP contribution in [0.3, 0.4) is 0 Å². The number of anilines is 1. The number of ether oxygens (including phenoxy) is 1. The van der Waals surface area contributed by atoms with Crippen molar-refractivity contribution in [2.24, 2.45) is 0 Å². The van der Waals surface area contributed by atoms with Crippen molar-refractivity contribution in [2.75, 3.05) is 11.5 Å². The summed E-state index contributed by atoms with van der Waals surface area (Å²) in [5, 5.41) is -5.25. The molecule has 2 amide bonds. The Kier molecular flexibility index (Phi) is 5.18. The second-order valence-electron chi connectivity index (χ2n) is 4.97. The van der Waals surface area contributed by atoms with Crippen LogP contribution in [0.15, 0.2) is 36.4 Å². The van der Waals surface area contributed by atoms with Crippen LogP contribution < -0.4 is 4.90 Å². The van der Waals surface area contributed by atoms with E-state index in [4.69, 9.17) is 0 Å². The Balaban J connectivity index is 2.03. The Labute approximate surface area is 144 Å². The first kappa shape index (κ1) is 19.6. The summed E-state index contributed by atoms with van der Waals surface area (Å²) in [6.07, 6.45) is -1.47. The highest BCUT2D eigenvalue weighted by molar-refractivity contribution is 7.86. The number of halogens is 3. The number of hydrogen-bond donors (Lipinski definition) is 0. The van der Waals surface area contributed by atoms with E-state index in [0.717, 1.165) is 29.2 Å². The number of alkyl halides is 3. The molecule has 1 atom stereocenters. The zero-order chi connectivity index (χ0) is 19.7. The van der Waals surface area contributed by atoms with Gasteiger partial charge in [-0.05, 0) is 24.3 Å². The second kappa shape index (κ2) is 6.88. The summed E-state index contributed by atoms with van der Waals surface area (Å²) in [5.41, 5.74) is -0.129. The number of benzene rings is 1. The largest absolute Gasteiger partial charge is 0.743 e. The highest BCUT2D eigenvalue weighted by Crippen LogP contribution is 2.28. The predicted octanol–water partition coefficient (Wildman–Crippen LogP) is 0.749. The molecule has 0 bridgehead atoms. The van der Waals surface area contributed by atoms with Gasteiger partial charge in [0, 0.05) is 12.2 Å². The Morgan fingerprint density at radius 1 is 1.15 bits per heavy atom. The van der Waals surface area contributed by atoms with Crippen molar-refractivity contribution >= 4 is 33.6 Å². The SMILES string of the molecule is O=C(OCC(F)C(F)(F)S(=O)(=O)[O-])c1ccc(N2C(=O)C=CC2=O)cc1. The van der Waals surface area contributed by atoms with Crippen molar-refractivity contribution in [3.05, 3.63) is 42.0 Å². The maximum absolute atomic E-state index is 13.2. The van der Waals surface area contributed by atoms with E-state index in [2.05, 4.69) is 4.74 Å². The summed E-state index contributed by atoms with van der Waals surface area (Å²) < 4.78 is 74.1. The summed E-state index contributed by atoms with van der Waals surface area (Å²) >= 11 is 0. The Hall–Kier alpha value is -2.73. The van der Waals surface area contributed by atoms with Crippen molar-refractivity contribution in [3.8, 4) is 0 Å². The van der Waals surface area contributed by atoms with Crippen molar-refractivity contribution in [3.63, 3.8) is 0 Å². The number of amides is 2. The van der Waals surface area contributed by atoms with E-state index in [-0.39, 0.29) is 11.3 Å². The maximum Gasteiger partial charge on any atom is 0.368 e. The number of rotatable bonds is 6. The third-order valence-electron chi connectivity index (χ3n) is 3.23. The minimum Gasteiger partial charge on any atom is -0.743 e. The molecular formula is C14H9F3NO7S-. The van der Waals surface area contributed by atoms with Crippen molar-refractivity contribution in [2.45, 2.75) is 11.4 Å². The molecule has 0 aromatic heterocycles. The standard InChI is InChI=1S/C14H10F3NO7S/c15-10(14(16,17)26(22,23)24)7-25-13(21)8-1-3-9(4-2-8)18-11(19)5-6-12(18)20/h1-6,10H,7H2,(H,22,23,24)/p-1. The molecular weight excluding hydrogens is 383 g/mol. The number of carbonyl (C=O) groups is 3. The van der Waals surface area contributed by atoms with Crippen LogP contribution >= 0.6 is 0 Å². The first-order valence-corrected chi connectivity index (χ1v) is 8.16. The van der Waals surface area contributed by atoms with Gasteiger partial charge in [0.1, 0.15) is 6.61 Å². The average Bonchev–Trinajstić information content (AvgIpc) is 2.90. The fraction of sp³-hybridized carbons (Fsp3) is 0.214. The molecule has 1 aliphatic rings. The molecule has 0 saturated carbocycles. The summed E-state index contributed by atoms with van der Waals surface area (Å²) in [7, 11) is -6.26. The van der Waals surface area contributed by atoms with Crippen LogP contribution in [0.4, 0.5) is 18.9 Å². The fourth-order valence-corrected chi connectivity index (χ4v) is 2.27. The Bertz CT molecular complexity index is 862. The van der Waals surface area contributed by atoms with Crippen LogP contribution in [0.5, 0.6) is 0 Å². The van der Waals surface area contributed by atoms with Gasteiger partial charge in [-0.15, -0.1) is 0 Å². The van der Waals surface area contributed by atoms with Gasteiger partial charge in [-0.2, -0.15) is 8.78 Å². The molecule has 12 heteroatoms. The number of carbonyl (C=O) groups excluding carboxylic acids is 3. The predicted molar refractivity (Wildman–Crippen MR) is 77.9 cm³/mol. The summed E-state index contributed by atoms with van der Waals surface area (Å²) in [6.45, 7) is -1.66. The third kappa shape index (κ3) is 3.75. The third-order valence-corrected chi connectivity index (χ3v) is 4.15. The van der Waals surface area contributed by atoms with Crippen LogP contribution in [0, 0.1) is 0 Å². The van der Waals surface area contributed by atoms with Crippen LogP contribution in [-0.2, 0) is 24.4 Å². The van der Waals surface area contributed by atoms with Gasteiger partial charge in [0.15, 0.2) is 10.1 Å². The lowest BCUT2D eigenvalue weighted by Gasteiger charge is -2.23. The van der Waals surface area contributed by atoms with Crippen LogP contribution in [0.1, 0.15) is 10.4 Å². The van der Waals surface area contributed by atoms with E-state index >= 15 is 0 Å². The summed E-state index contributed by atoms with van der Waals surface area (Å²) in [6, 6.07) is 4.52. The molecule has 1 aliphatic heterocycles. The Morgan fingerprint density at radius 2 is 1.65 bits per heavy atom. The van der Waals surface area contributed by atoms with Gasteiger partial charge in [0.25, 0.3) is 11.8 Å². The van der Waals surface area contributed by atoms with Gasteiger partial charge in [-0.25, -0.2) is 22.5 Å². The van der Waals surface area contributed by atoms with E-state index in [9.17, 15) is 40.5 Å². The lowest BCUT2D eigenvalue weighted by molar-refractivity contribution is -0.119. The molecule has 1 unspecified atom stereocenters. The molecule has 1 heterocycles. The van der Waals surface area contributed by atoms with Crippen LogP contribution in [-0.4, -0.2) is 48.8 Å². The molecule has 0 N–H and O–H groups in total. The maximum atomic E-state index is 13.2. The summed E-state index contributed by atoms with van der Waals surface area (Å²) in [5.74, 6) is -2.49. The molecule has 8 nitrogen and oxygen atoms in total. The van der Waals surface area contributed by atoms with E-state index in [1.807, 2.05) is 0 Å². The quantitative estimate of drug-likeness (QED) is 0.398. The number of imide groups is 1. The molecule has 0 spiro atoms. The van der Waals surface area contributed by atoms with Crippen molar-refractivity contribution < 1.29 is 45.3 Å². The molecule has 140 valence electrons. The second-order valence-corrected chi connectivity index (χ2v) is 6.43. The van der Waals surface area contributed by atoms with Crippen LogP contribution in [0.25, 0.3) is 0 Å². The minimum absolute atomic E-state index is 0.119. The Morgan fingerprint density at radius 3 is 2.12 bits per heavy atom. The first-order chi connectivity index (χ1) is 11.9. The highest BCUT2D eigenvalue weighted by atomic mass is 32.2. The lowest BCUT2D eigenvalue weighted by atomic mass is 10.2. The monoisotopic (exact) mass is 392 g/mol. The van der Waals surface area contributed by atoms with Gasteiger partial charge >= 0.3 is 11.2 Å². The van der Waals surface area contributed by atoms with Gasteiger partial charge < -0.3 is 9.29 Å². The molecule has 2 rings (SSSR count). The smallest absolute Gasteiger partial charge is 0.368 e. The lowest BCUT2D eigenvalue weighted by Crippen LogP contribution is -2.41. The van der Waals surface area contributed by atoms with E-state index in [0.29, 0.717) is 0 Å². The van der Waals surface area contributed by atoms with Gasteiger partial charge in [0.05, 0.1) is 11.3 Å². The van der Waals surface area contributed by atoms with Gasteiger partial charge in [-0.3, -0.25) is 9.59 Å². The highest BCUT2D eigenvalue weighted by Gasteiger charge is 2.48. The topological polar surface area (TPSA) is 121 Å². The molecule has 1 aromatic carbocycles.